The van der Waals surface area contributed by atoms with Crippen LogP contribution < -0.4 is 16.0 Å². The number of aryl methyl sites for hydroxylation is 1. The zero-order chi connectivity index (χ0) is 20.2. The Morgan fingerprint density at radius 3 is 2.73 bits per heavy atom. The number of amides is 1. The number of nitrogens with one attached hydrogen (secondary N) is 4. The summed E-state index contributed by atoms with van der Waals surface area (Å²) in [5.41, 5.74) is 5.80. The molecular weight excluding hydrogens is 489 g/mol. The number of carbonyl (C=O) groups is 1. The van der Waals surface area contributed by atoms with Crippen molar-refractivity contribution in [3.05, 3.63) is 65.4 Å². The molecule has 2 heterocycles. The van der Waals surface area contributed by atoms with E-state index in [4.69, 9.17) is 0 Å². The second-order valence-electron chi connectivity index (χ2n) is 7.44. The molecule has 3 aromatic rings. The Morgan fingerprint density at radius 2 is 1.90 bits per heavy atom. The second-order valence-corrected chi connectivity index (χ2v) is 7.44. The minimum absolute atomic E-state index is 0. The Balaban J connectivity index is 0.00000256. The van der Waals surface area contributed by atoms with E-state index in [0.29, 0.717) is 13.0 Å². The minimum Gasteiger partial charge on any atom is -0.358 e. The van der Waals surface area contributed by atoms with Crippen LogP contribution in [-0.2, 0) is 11.2 Å². The summed E-state index contributed by atoms with van der Waals surface area (Å²) in [5, 5.41) is 11.0. The lowest BCUT2D eigenvalue weighted by Crippen LogP contribution is -2.41. The van der Waals surface area contributed by atoms with Gasteiger partial charge in [0.05, 0.1) is 0 Å². The highest BCUT2D eigenvalue weighted by atomic mass is 127. The van der Waals surface area contributed by atoms with Crippen molar-refractivity contribution in [2.45, 2.75) is 25.7 Å². The number of benzene rings is 2. The van der Waals surface area contributed by atoms with Crippen molar-refractivity contribution in [3.63, 3.8) is 0 Å². The van der Waals surface area contributed by atoms with E-state index in [1.54, 1.807) is 7.05 Å². The monoisotopic (exact) mass is 517 g/mol. The first-order valence-corrected chi connectivity index (χ1v) is 10.0. The summed E-state index contributed by atoms with van der Waals surface area (Å²) in [7, 11) is 1.77. The predicted octanol–water partition coefficient (Wildman–Crippen LogP) is 3.93. The maximum atomic E-state index is 12.0. The van der Waals surface area contributed by atoms with E-state index in [0.717, 1.165) is 24.6 Å². The van der Waals surface area contributed by atoms with Crippen molar-refractivity contribution in [3.8, 4) is 0 Å². The standard InChI is InChI=1S/C23H27N5O.HI/c1-15-17(19-8-4-6-10-21(19)27-15)11-12-25-23(24-2)26-14-16-13-22(29)28-20-9-5-3-7-18(16)20;/h3-10,16,27H,11-14H2,1-2H3,(H,28,29)(H2,24,25,26);1H. The topological polar surface area (TPSA) is 81.3 Å². The van der Waals surface area contributed by atoms with Crippen LogP contribution in [0, 0.1) is 6.92 Å². The molecule has 1 aromatic heterocycles. The van der Waals surface area contributed by atoms with Crippen molar-refractivity contribution in [2.75, 3.05) is 25.5 Å². The number of hydrogen-bond acceptors (Lipinski definition) is 2. The fourth-order valence-electron chi connectivity index (χ4n) is 4.09. The zero-order valence-corrected chi connectivity index (χ0v) is 19.6. The maximum Gasteiger partial charge on any atom is 0.225 e. The number of rotatable bonds is 5. The smallest absolute Gasteiger partial charge is 0.225 e. The molecule has 2 aromatic carbocycles. The van der Waals surface area contributed by atoms with Gasteiger partial charge in [-0.15, -0.1) is 24.0 Å². The van der Waals surface area contributed by atoms with Crippen LogP contribution in [0.15, 0.2) is 53.5 Å². The van der Waals surface area contributed by atoms with Crippen molar-refractivity contribution in [1.82, 2.24) is 15.6 Å². The maximum absolute atomic E-state index is 12.0. The van der Waals surface area contributed by atoms with Gasteiger partial charge in [0.1, 0.15) is 0 Å². The Hall–Kier alpha value is -2.55. The molecule has 1 amide bonds. The van der Waals surface area contributed by atoms with E-state index in [1.165, 1.54) is 27.7 Å². The van der Waals surface area contributed by atoms with Gasteiger partial charge in [0.2, 0.25) is 5.91 Å². The molecule has 7 heteroatoms. The minimum atomic E-state index is 0. The molecule has 1 aliphatic rings. The van der Waals surface area contributed by atoms with Gasteiger partial charge in [-0.05, 0) is 36.6 Å². The summed E-state index contributed by atoms with van der Waals surface area (Å²) in [5.74, 6) is 0.952. The molecule has 1 aliphatic heterocycles. The second kappa shape index (κ2) is 9.97. The summed E-state index contributed by atoms with van der Waals surface area (Å²) in [6.07, 6.45) is 1.39. The van der Waals surface area contributed by atoms with E-state index >= 15 is 0 Å². The van der Waals surface area contributed by atoms with Gasteiger partial charge in [0.15, 0.2) is 5.96 Å². The molecule has 1 atom stereocenters. The largest absolute Gasteiger partial charge is 0.358 e. The van der Waals surface area contributed by atoms with Crippen molar-refractivity contribution >= 4 is 52.4 Å². The van der Waals surface area contributed by atoms with Gasteiger partial charge in [-0.25, -0.2) is 0 Å². The number of nitrogens with zero attached hydrogens (tertiary/aromatic N) is 1. The fourth-order valence-corrected chi connectivity index (χ4v) is 4.09. The summed E-state index contributed by atoms with van der Waals surface area (Å²) in [6, 6.07) is 16.4. The molecule has 0 spiro atoms. The van der Waals surface area contributed by atoms with E-state index < -0.39 is 0 Å². The van der Waals surface area contributed by atoms with Crippen LogP contribution >= 0.6 is 24.0 Å². The quantitative estimate of drug-likeness (QED) is 0.235. The van der Waals surface area contributed by atoms with Crippen LogP contribution in [0.25, 0.3) is 10.9 Å². The van der Waals surface area contributed by atoms with E-state index in [1.807, 2.05) is 18.2 Å². The lowest BCUT2D eigenvalue weighted by atomic mass is 9.90. The Kier molecular flexibility index (Phi) is 7.36. The number of anilines is 1. The molecule has 30 heavy (non-hydrogen) atoms. The van der Waals surface area contributed by atoms with Crippen LogP contribution in [-0.4, -0.2) is 37.0 Å². The van der Waals surface area contributed by atoms with Gasteiger partial charge >= 0.3 is 0 Å². The van der Waals surface area contributed by atoms with Crippen molar-refractivity contribution in [2.24, 2.45) is 4.99 Å². The van der Waals surface area contributed by atoms with Crippen molar-refractivity contribution < 1.29 is 4.79 Å². The average molecular weight is 517 g/mol. The van der Waals surface area contributed by atoms with Gasteiger partial charge in [0.25, 0.3) is 0 Å². The molecule has 0 radical (unpaired) electrons. The van der Waals surface area contributed by atoms with Crippen LogP contribution in [0.1, 0.15) is 29.2 Å². The van der Waals surface area contributed by atoms with Gasteiger partial charge in [-0.2, -0.15) is 0 Å². The first kappa shape index (κ1) is 22.1. The third-order valence-electron chi connectivity index (χ3n) is 5.54. The Labute approximate surface area is 194 Å². The molecule has 0 aliphatic carbocycles. The summed E-state index contributed by atoms with van der Waals surface area (Å²) in [4.78, 5) is 19.8. The molecule has 4 rings (SSSR count). The van der Waals surface area contributed by atoms with Crippen LogP contribution in [0.2, 0.25) is 0 Å². The van der Waals surface area contributed by atoms with E-state index in [-0.39, 0.29) is 35.8 Å². The van der Waals surface area contributed by atoms with Gasteiger partial charge in [-0.1, -0.05) is 36.4 Å². The Morgan fingerprint density at radius 1 is 1.13 bits per heavy atom. The molecule has 0 saturated heterocycles. The Bertz CT molecular complexity index is 1060. The molecule has 0 fully saturated rings. The summed E-state index contributed by atoms with van der Waals surface area (Å²) < 4.78 is 0. The van der Waals surface area contributed by atoms with Crippen LogP contribution in [0.3, 0.4) is 0 Å². The number of para-hydroxylation sites is 2. The average Bonchev–Trinajstić information content (AvgIpc) is 3.05. The SMILES string of the molecule is CN=C(NCCc1c(C)[nH]c2ccccc12)NCC1CC(=O)Nc2ccccc21.I. The lowest BCUT2D eigenvalue weighted by molar-refractivity contribution is -0.116. The predicted molar refractivity (Wildman–Crippen MR) is 134 cm³/mol. The number of guanidine groups is 1. The molecule has 1 unspecified atom stereocenters. The highest BCUT2D eigenvalue weighted by Gasteiger charge is 2.24. The van der Waals surface area contributed by atoms with Gasteiger partial charge < -0.3 is 20.9 Å². The zero-order valence-electron chi connectivity index (χ0n) is 17.3. The van der Waals surface area contributed by atoms with Crippen LogP contribution in [0.4, 0.5) is 5.69 Å². The molecule has 0 saturated carbocycles. The third-order valence-corrected chi connectivity index (χ3v) is 5.54. The number of hydrogen-bond donors (Lipinski definition) is 4. The first-order chi connectivity index (χ1) is 14.2. The number of H-pyrrole nitrogens is 1. The van der Waals surface area contributed by atoms with Gasteiger partial charge in [0, 0.05) is 54.8 Å². The van der Waals surface area contributed by atoms with Crippen LogP contribution in [0.5, 0.6) is 0 Å². The number of aliphatic imine (C=N–C) groups is 1. The third kappa shape index (κ3) is 4.77. The van der Waals surface area contributed by atoms with E-state index in [2.05, 4.69) is 63.2 Å². The van der Waals surface area contributed by atoms with Gasteiger partial charge in [-0.3, -0.25) is 9.79 Å². The normalized spacial score (nSPS) is 15.9. The van der Waals surface area contributed by atoms with E-state index in [9.17, 15) is 4.79 Å². The van der Waals surface area contributed by atoms with Crippen molar-refractivity contribution in [1.29, 1.82) is 0 Å². The number of carbonyl (C=O) groups excluding carboxylic acids is 1. The number of fused-ring (bicyclic) bond motifs is 2. The summed E-state index contributed by atoms with van der Waals surface area (Å²) >= 11 is 0. The molecule has 158 valence electrons. The molecular formula is C23H28IN5O. The highest BCUT2D eigenvalue weighted by Crippen LogP contribution is 2.31. The summed E-state index contributed by atoms with van der Waals surface area (Å²) in [6.45, 7) is 3.56. The molecule has 4 N–H and O–H groups in total. The first-order valence-electron chi connectivity index (χ1n) is 10.0. The number of aromatic nitrogens is 1. The molecule has 0 bridgehead atoms. The molecule has 6 nitrogen and oxygen atoms in total. The number of halogens is 1. The number of aromatic amines is 1. The lowest BCUT2D eigenvalue weighted by Gasteiger charge is -2.26. The fraction of sp³-hybridized carbons (Fsp3) is 0.304. The highest BCUT2D eigenvalue weighted by molar-refractivity contribution is 14.0.